The van der Waals surface area contributed by atoms with Crippen LogP contribution in [0.15, 0.2) is 24.3 Å². The van der Waals surface area contributed by atoms with Gasteiger partial charge in [-0.15, -0.1) is 0 Å². The molecule has 74 heavy (non-hydrogen) atoms. The molecule has 0 aliphatic carbocycles. The number of carbonyl (C=O) groups excluding carboxylic acids is 2. The van der Waals surface area contributed by atoms with E-state index in [1.165, 1.54) is 276 Å². The first-order valence-electron chi connectivity index (χ1n) is 33.2. The summed E-state index contributed by atoms with van der Waals surface area (Å²) >= 11 is 0. The van der Waals surface area contributed by atoms with E-state index in [9.17, 15) is 24.9 Å². The molecule has 0 bridgehead atoms. The van der Waals surface area contributed by atoms with Crippen LogP contribution in [0.1, 0.15) is 361 Å². The van der Waals surface area contributed by atoms with Crippen LogP contribution in [0.2, 0.25) is 0 Å². The summed E-state index contributed by atoms with van der Waals surface area (Å²) in [6.45, 7) is 4.72. The van der Waals surface area contributed by atoms with Gasteiger partial charge in [-0.2, -0.15) is 0 Å². The minimum atomic E-state index is -1.14. The average molecular weight is 1040 g/mol. The van der Waals surface area contributed by atoms with Gasteiger partial charge >= 0.3 is 5.97 Å². The molecule has 0 radical (unpaired) electrons. The summed E-state index contributed by atoms with van der Waals surface area (Å²) in [6, 6.07) is -0.811. The van der Waals surface area contributed by atoms with E-state index in [4.69, 9.17) is 4.74 Å². The maximum atomic E-state index is 12.5. The minimum absolute atomic E-state index is 0.144. The number of ether oxygens (including phenoxy) is 1. The number of nitrogens with one attached hydrogen (secondary N) is 1. The van der Waals surface area contributed by atoms with Gasteiger partial charge in [0.25, 0.3) is 0 Å². The molecule has 3 atom stereocenters. The van der Waals surface area contributed by atoms with Gasteiger partial charge in [-0.1, -0.05) is 340 Å². The molecule has 438 valence electrons. The second-order valence-electron chi connectivity index (χ2n) is 23.0. The van der Waals surface area contributed by atoms with Crippen molar-refractivity contribution >= 4 is 11.9 Å². The van der Waals surface area contributed by atoms with Crippen molar-refractivity contribution in [2.24, 2.45) is 0 Å². The monoisotopic (exact) mass is 1040 g/mol. The van der Waals surface area contributed by atoms with Gasteiger partial charge in [-0.25, -0.2) is 4.79 Å². The Kier molecular flexibility index (Phi) is 60.7. The van der Waals surface area contributed by atoms with Crippen LogP contribution in [0.4, 0.5) is 0 Å². The van der Waals surface area contributed by atoms with Gasteiger partial charge in [0.05, 0.1) is 25.4 Å². The molecule has 0 aliphatic rings. The first-order chi connectivity index (χ1) is 36.5. The highest BCUT2D eigenvalue weighted by atomic mass is 16.5. The third-order valence-electron chi connectivity index (χ3n) is 15.7. The van der Waals surface area contributed by atoms with E-state index < -0.39 is 18.2 Å². The highest BCUT2D eigenvalue weighted by molar-refractivity contribution is 5.82. The zero-order valence-corrected chi connectivity index (χ0v) is 49.7. The van der Waals surface area contributed by atoms with E-state index in [0.717, 1.165) is 57.8 Å². The van der Waals surface area contributed by atoms with Crippen LogP contribution >= 0.6 is 0 Å². The topological polar surface area (TPSA) is 116 Å². The largest absolute Gasteiger partial charge is 0.463 e. The number of hydrogen-bond acceptors (Lipinski definition) is 6. The fraction of sp³-hybridized carbons (Fsp3) is 0.910. The van der Waals surface area contributed by atoms with E-state index in [2.05, 4.69) is 25.2 Å². The summed E-state index contributed by atoms with van der Waals surface area (Å²) in [5.41, 5.74) is 0. The Balaban J connectivity index is 3.40. The van der Waals surface area contributed by atoms with Crippen LogP contribution in [-0.2, 0) is 14.3 Å². The van der Waals surface area contributed by atoms with Crippen molar-refractivity contribution < 1.29 is 29.6 Å². The molecule has 4 N–H and O–H groups in total. The first kappa shape index (κ1) is 72.3. The number of allylic oxidation sites excluding steroid dienone is 3. The second kappa shape index (κ2) is 62.1. The summed E-state index contributed by atoms with van der Waals surface area (Å²) < 4.78 is 5.38. The zero-order valence-electron chi connectivity index (χ0n) is 49.7. The van der Waals surface area contributed by atoms with Gasteiger partial charge in [0.1, 0.15) is 6.10 Å². The molecule has 7 nitrogen and oxygen atoms in total. The van der Waals surface area contributed by atoms with Gasteiger partial charge in [0, 0.05) is 12.5 Å². The molecule has 0 aromatic heterocycles. The van der Waals surface area contributed by atoms with Crippen LogP contribution in [0.3, 0.4) is 0 Å². The van der Waals surface area contributed by atoms with E-state index in [1.54, 1.807) is 6.08 Å². The molecule has 0 spiro atoms. The minimum Gasteiger partial charge on any atom is -0.463 e. The Bertz CT molecular complexity index is 1170. The lowest BCUT2D eigenvalue weighted by Crippen LogP contribution is -2.50. The lowest BCUT2D eigenvalue weighted by atomic mass is 9.99. The summed E-state index contributed by atoms with van der Waals surface area (Å²) in [5.74, 6) is -0.356. The quantitative estimate of drug-likeness (QED) is 0.0209. The first-order valence-corrected chi connectivity index (χ1v) is 33.2. The molecule has 0 saturated carbocycles. The Morgan fingerprint density at radius 3 is 1.07 bits per heavy atom. The van der Waals surface area contributed by atoms with Crippen LogP contribution in [0, 0.1) is 0 Å². The van der Waals surface area contributed by atoms with Gasteiger partial charge in [0.15, 0.2) is 0 Å². The molecule has 0 saturated heterocycles. The third kappa shape index (κ3) is 56.5. The van der Waals surface area contributed by atoms with Gasteiger partial charge in [0.2, 0.25) is 5.91 Å². The number of aliphatic hydroxyl groups excluding tert-OH is 3. The predicted octanol–water partition coefficient (Wildman–Crippen LogP) is 19.9. The van der Waals surface area contributed by atoms with Crippen molar-refractivity contribution in [3.63, 3.8) is 0 Å². The molecule has 0 heterocycles. The molecule has 1 unspecified atom stereocenters. The fourth-order valence-corrected chi connectivity index (χ4v) is 10.6. The van der Waals surface area contributed by atoms with Crippen molar-refractivity contribution in [2.45, 2.75) is 379 Å². The summed E-state index contributed by atoms with van der Waals surface area (Å²) in [6.07, 6.45) is 74.3. The Morgan fingerprint density at radius 2 is 0.716 bits per heavy atom. The van der Waals surface area contributed by atoms with Crippen LogP contribution < -0.4 is 5.32 Å². The Hall–Kier alpha value is -1.70. The number of rotatable bonds is 62. The number of unbranched alkanes of at least 4 members (excludes halogenated alkanes) is 49. The molecular weight excluding hydrogens is 915 g/mol. The van der Waals surface area contributed by atoms with E-state index >= 15 is 0 Å². The second-order valence-corrected chi connectivity index (χ2v) is 23.0. The van der Waals surface area contributed by atoms with Crippen LogP contribution in [0.25, 0.3) is 0 Å². The summed E-state index contributed by atoms with van der Waals surface area (Å²) in [4.78, 5) is 24.5. The summed E-state index contributed by atoms with van der Waals surface area (Å²) in [7, 11) is 0. The van der Waals surface area contributed by atoms with E-state index in [-0.39, 0.29) is 18.5 Å². The van der Waals surface area contributed by atoms with Crippen LogP contribution in [-0.4, -0.2) is 58.7 Å². The number of esters is 1. The third-order valence-corrected chi connectivity index (χ3v) is 15.7. The molecule has 0 aromatic rings. The molecular formula is C67H129NO6. The van der Waals surface area contributed by atoms with Crippen molar-refractivity contribution in [2.75, 3.05) is 13.2 Å². The van der Waals surface area contributed by atoms with Crippen LogP contribution in [0.5, 0.6) is 0 Å². The molecule has 7 heteroatoms. The van der Waals surface area contributed by atoms with Crippen molar-refractivity contribution in [1.82, 2.24) is 5.32 Å². The lowest BCUT2D eigenvalue weighted by molar-refractivity contribution is -0.137. The van der Waals surface area contributed by atoms with Crippen molar-refractivity contribution in [1.29, 1.82) is 0 Å². The van der Waals surface area contributed by atoms with Gasteiger partial charge in [-0.3, -0.25) is 4.79 Å². The molecule has 1 amide bonds. The zero-order chi connectivity index (χ0) is 53.7. The Morgan fingerprint density at radius 1 is 0.405 bits per heavy atom. The number of aliphatic hydroxyl groups is 3. The molecule has 0 rings (SSSR count). The van der Waals surface area contributed by atoms with Gasteiger partial charge < -0.3 is 25.4 Å². The van der Waals surface area contributed by atoms with Crippen molar-refractivity contribution in [3.8, 4) is 0 Å². The average Bonchev–Trinajstić information content (AvgIpc) is 3.40. The fourth-order valence-electron chi connectivity index (χ4n) is 10.6. The highest BCUT2D eigenvalue weighted by Gasteiger charge is 2.26. The molecule has 0 aliphatic heterocycles. The summed E-state index contributed by atoms with van der Waals surface area (Å²) in [5, 5.41) is 33.7. The molecule has 0 fully saturated rings. The number of amides is 1. The number of carbonyl (C=O) groups is 2. The van der Waals surface area contributed by atoms with Gasteiger partial charge in [-0.05, 0) is 32.1 Å². The molecule has 0 aromatic carbocycles. The maximum Gasteiger partial charge on any atom is 0.330 e. The smallest absolute Gasteiger partial charge is 0.330 e. The maximum absolute atomic E-state index is 12.5. The van der Waals surface area contributed by atoms with Crippen molar-refractivity contribution in [3.05, 3.63) is 24.3 Å². The standard InChI is InChI=1S/C67H129NO6/c1-3-5-7-9-11-13-15-17-32-36-40-44-48-52-56-60-66(72)74-61-57-53-49-45-41-37-34-31-29-27-25-23-21-19-18-20-22-24-26-28-30-33-35-39-43-47-51-55-59-65(71)68-63(62-69)67(73)64(70)58-54-50-46-42-38-16-14-12-10-8-6-4-2/h48,52,56,60,63-64,67,69-70,73H,3-47,49-51,53-55,57-59,61-62H2,1-2H3,(H,68,71)/t63-,64?,67+/m1/s1. The normalized spacial score (nSPS) is 13.1. The van der Waals surface area contributed by atoms with E-state index in [1.807, 2.05) is 12.2 Å². The predicted molar refractivity (Wildman–Crippen MR) is 321 cm³/mol. The van der Waals surface area contributed by atoms with E-state index in [0.29, 0.717) is 19.4 Å². The Labute approximate surface area is 461 Å². The highest BCUT2D eigenvalue weighted by Crippen LogP contribution is 2.19. The SMILES string of the molecule is CCCCCCCCCCCCCC=CC=CC(=O)OCCCCCCCCCCCCCCCCCCCCCCCCCCCCCCC(=O)N[C@H](CO)[C@H](O)C(O)CCCCCCCCCCCCCC. The lowest BCUT2D eigenvalue weighted by Gasteiger charge is -2.26. The number of hydrogen-bond donors (Lipinski definition) is 4.